The summed E-state index contributed by atoms with van der Waals surface area (Å²) < 4.78 is 14.0. The van der Waals surface area contributed by atoms with E-state index in [2.05, 4.69) is 26.6 Å². The van der Waals surface area contributed by atoms with Crippen molar-refractivity contribution in [2.75, 3.05) is 18.9 Å². The van der Waals surface area contributed by atoms with Crippen LogP contribution in [0.2, 0.25) is 0 Å². The van der Waals surface area contributed by atoms with E-state index < -0.39 is 5.82 Å². The van der Waals surface area contributed by atoms with E-state index in [0.717, 1.165) is 0 Å². The van der Waals surface area contributed by atoms with Gasteiger partial charge in [0.15, 0.2) is 0 Å². The molecular weight excluding hydrogens is 275 g/mol. The lowest BCUT2D eigenvalue weighted by Gasteiger charge is -2.12. The molecule has 0 spiro atoms. The van der Waals surface area contributed by atoms with Crippen molar-refractivity contribution >= 4 is 27.5 Å². The van der Waals surface area contributed by atoms with E-state index in [4.69, 9.17) is 0 Å². The predicted molar refractivity (Wildman–Crippen MR) is 65.8 cm³/mol. The molecule has 1 aromatic rings. The Hall–Kier alpha value is -0.940. The van der Waals surface area contributed by atoms with E-state index in [1.54, 1.807) is 20.0 Å². The van der Waals surface area contributed by atoms with Crippen LogP contribution in [0.3, 0.4) is 0 Å². The number of carbonyl (C=O) groups excluding carboxylic acids is 1. The highest BCUT2D eigenvalue weighted by molar-refractivity contribution is 9.10. The van der Waals surface area contributed by atoms with Crippen LogP contribution < -0.4 is 10.6 Å². The first-order valence-corrected chi connectivity index (χ1v) is 5.74. The monoisotopic (exact) mass is 288 g/mol. The molecule has 0 aliphatic carbocycles. The topological polar surface area (TPSA) is 41.1 Å². The Morgan fingerprint density at radius 3 is 2.81 bits per heavy atom. The van der Waals surface area contributed by atoms with Gasteiger partial charge in [0.25, 0.3) is 0 Å². The van der Waals surface area contributed by atoms with Gasteiger partial charge in [0.2, 0.25) is 5.91 Å². The normalized spacial score (nSPS) is 12.2. The van der Waals surface area contributed by atoms with Crippen LogP contribution in [-0.2, 0) is 4.79 Å². The lowest BCUT2D eigenvalue weighted by atomic mass is 10.1. The summed E-state index contributed by atoms with van der Waals surface area (Å²) in [4.78, 5) is 11.6. The maximum Gasteiger partial charge on any atom is 0.228 e. The Morgan fingerprint density at radius 1 is 1.56 bits per heavy atom. The fourth-order valence-corrected chi connectivity index (χ4v) is 1.58. The van der Waals surface area contributed by atoms with Gasteiger partial charge in [-0.15, -0.1) is 0 Å². The van der Waals surface area contributed by atoms with E-state index in [1.165, 1.54) is 12.1 Å². The number of benzene rings is 1. The average Bonchev–Trinajstić information content (AvgIpc) is 2.22. The number of rotatable bonds is 4. The highest BCUT2D eigenvalue weighted by Crippen LogP contribution is 2.19. The van der Waals surface area contributed by atoms with Crippen molar-refractivity contribution in [2.24, 2.45) is 5.92 Å². The summed E-state index contributed by atoms with van der Waals surface area (Å²) in [5.41, 5.74) is 0.205. The molecular formula is C11H14BrFN2O. The third-order valence-electron chi connectivity index (χ3n) is 2.15. The number of amides is 1. The summed E-state index contributed by atoms with van der Waals surface area (Å²) >= 11 is 3.15. The molecule has 2 N–H and O–H groups in total. The maximum atomic E-state index is 13.4. The van der Waals surface area contributed by atoms with E-state index in [1.807, 2.05) is 0 Å². The van der Waals surface area contributed by atoms with Crippen LogP contribution in [0.1, 0.15) is 6.92 Å². The standard InChI is InChI=1S/C11H14BrFN2O/c1-7(6-14-2)11(16)15-10-4-3-8(12)5-9(10)13/h3-5,7,14H,6H2,1-2H3,(H,15,16). The zero-order valence-electron chi connectivity index (χ0n) is 9.18. The minimum atomic E-state index is -0.445. The fraction of sp³-hybridized carbons (Fsp3) is 0.364. The zero-order chi connectivity index (χ0) is 12.1. The summed E-state index contributed by atoms with van der Waals surface area (Å²) in [6, 6.07) is 4.53. The molecule has 3 nitrogen and oxygen atoms in total. The number of halogens is 2. The molecule has 0 bridgehead atoms. The number of hydrogen-bond donors (Lipinski definition) is 2. The van der Waals surface area contributed by atoms with Crippen LogP contribution in [0.15, 0.2) is 22.7 Å². The molecule has 0 aromatic heterocycles. The van der Waals surface area contributed by atoms with Crippen LogP contribution in [0, 0.1) is 11.7 Å². The molecule has 0 aliphatic rings. The Kier molecular flexibility index (Phi) is 4.89. The van der Waals surface area contributed by atoms with Crippen molar-refractivity contribution < 1.29 is 9.18 Å². The molecule has 1 unspecified atom stereocenters. The molecule has 1 aromatic carbocycles. The molecule has 1 amide bonds. The van der Waals surface area contributed by atoms with Crippen LogP contribution in [0.4, 0.5) is 10.1 Å². The van der Waals surface area contributed by atoms with E-state index in [-0.39, 0.29) is 17.5 Å². The first kappa shape index (κ1) is 13.1. The van der Waals surface area contributed by atoms with Crippen LogP contribution in [0.25, 0.3) is 0 Å². The molecule has 1 rings (SSSR count). The second-order valence-electron chi connectivity index (χ2n) is 3.57. The van der Waals surface area contributed by atoms with Gasteiger partial charge in [0.05, 0.1) is 5.69 Å². The lowest BCUT2D eigenvalue weighted by Crippen LogP contribution is -2.28. The number of carbonyl (C=O) groups is 1. The average molecular weight is 289 g/mol. The third kappa shape index (κ3) is 3.57. The lowest BCUT2D eigenvalue weighted by molar-refractivity contribution is -0.119. The van der Waals surface area contributed by atoms with E-state index in [9.17, 15) is 9.18 Å². The molecule has 0 aliphatic heterocycles. The predicted octanol–water partition coefficient (Wildman–Crippen LogP) is 2.38. The highest BCUT2D eigenvalue weighted by Gasteiger charge is 2.13. The first-order valence-electron chi connectivity index (χ1n) is 4.95. The molecule has 0 fully saturated rings. The van der Waals surface area contributed by atoms with Crippen molar-refractivity contribution in [3.05, 3.63) is 28.5 Å². The quantitative estimate of drug-likeness (QED) is 0.893. The Bertz CT molecular complexity index is 384. The van der Waals surface area contributed by atoms with Gasteiger partial charge in [-0.2, -0.15) is 0 Å². The second-order valence-corrected chi connectivity index (χ2v) is 4.49. The Labute approximate surface area is 103 Å². The molecule has 88 valence electrons. The van der Waals surface area contributed by atoms with Gasteiger partial charge < -0.3 is 10.6 Å². The van der Waals surface area contributed by atoms with Crippen molar-refractivity contribution in [3.8, 4) is 0 Å². The minimum Gasteiger partial charge on any atom is -0.323 e. The summed E-state index contributed by atoms with van der Waals surface area (Å²) in [7, 11) is 1.77. The number of nitrogens with one attached hydrogen (secondary N) is 2. The van der Waals surface area contributed by atoms with Gasteiger partial charge in [-0.05, 0) is 25.2 Å². The van der Waals surface area contributed by atoms with Gasteiger partial charge >= 0.3 is 0 Å². The number of hydrogen-bond acceptors (Lipinski definition) is 2. The van der Waals surface area contributed by atoms with Gasteiger partial charge in [0.1, 0.15) is 5.82 Å². The minimum absolute atomic E-state index is 0.199. The van der Waals surface area contributed by atoms with Gasteiger partial charge in [-0.25, -0.2) is 4.39 Å². The molecule has 0 heterocycles. The van der Waals surface area contributed by atoms with E-state index >= 15 is 0 Å². The third-order valence-corrected chi connectivity index (χ3v) is 2.64. The molecule has 0 saturated carbocycles. The number of anilines is 1. The van der Waals surface area contributed by atoms with Gasteiger partial charge in [-0.3, -0.25) is 4.79 Å². The summed E-state index contributed by atoms with van der Waals surface area (Å²) in [5.74, 6) is -0.844. The Morgan fingerprint density at radius 2 is 2.25 bits per heavy atom. The Balaban J connectivity index is 2.69. The SMILES string of the molecule is CNCC(C)C(=O)Nc1ccc(Br)cc1F. The largest absolute Gasteiger partial charge is 0.323 e. The fourth-order valence-electron chi connectivity index (χ4n) is 1.25. The van der Waals surface area contributed by atoms with Crippen molar-refractivity contribution in [1.29, 1.82) is 0 Å². The van der Waals surface area contributed by atoms with Crippen molar-refractivity contribution in [2.45, 2.75) is 6.92 Å². The van der Waals surface area contributed by atoms with Crippen LogP contribution in [0.5, 0.6) is 0 Å². The molecule has 0 radical (unpaired) electrons. The van der Waals surface area contributed by atoms with Crippen molar-refractivity contribution in [3.63, 3.8) is 0 Å². The van der Waals surface area contributed by atoms with Gasteiger partial charge in [-0.1, -0.05) is 22.9 Å². The smallest absolute Gasteiger partial charge is 0.228 e. The molecule has 5 heteroatoms. The molecule has 16 heavy (non-hydrogen) atoms. The molecule has 0 saturated heterocycles. The van der Waals surface area contributed by atoms with Crippen LogP contribution >= 0.6 is 15.9 Å². The zero-order valence-corrected chi connectivity index (χ0v) is 10.8. The van der Waals surface area contributed by atoms with E-state index in [0.29, 0.717) is 11.0 Å². The van der Waals surface area contributed by atoms with Gasteiger partial charge in [0, 0.05) is 16.9 Å². The summed E-state index contributed by atoms with van der Waals surface area (Å²) in [5, 5.41) is 5.44. The van der Waals surface area contributed by atoms with Crippen molar-refractivity contribution in [1.82, 2.24) is 5.32 Å². The second kappa shape index (κ2) is 5.96. The first-order chi connectivity index (χ1) is 7.54. The van der Waals surface area contributed by atoms with Crippen LogP contribution in [-0.4, -0.2) is 19.5 Å². The maximum absolute atomic E-state index is 13.4. The highest BCUT2D eigenvalue weighted by atomic mass is 79.9. The summed E-state index contributed by atoms with van der Waals surface area (Å²) in [6.07, 6.45) is 0. The molecule has 1 atom stereocenters. The summed E-state index contributed by atoms with van der Waals surface area (Å²) in [6.45, 7) is 2.34.